The molecule has 0 atom stereocenters. The van der Waals surface area contributed by atoms with Crippen molar-refractivity contribution in [1.29, 1.82) is 0 Å². The van der Waals surface area contributed by atoms with Crippen LogP contribution in [0, 0.1) is 11.2 Å². The highest BCUT2D eigenvalue weighted by Gasteiger charge is 2.48. The Morgan fingerprint density at radius 2 is 1.95 bits per heavy atom. The Morgan fingerprint density at radius 1 is 1.29 bits per heavy atom. The lowest BCUT2D eigenvalue weighted by atomic mass is 9.81. The van der Waals surface area contributed by atoms with E-state index in [1.54, 1.807) is 12.1 Å². The molecule has 2 amide bonds. The van der Waals surface area contributed by atoms with Crippen molar-refractivity contribution in [3.8, 4) is 0 Å². The third-order valence-electron chi connectivity index (χ3n) is 4.52. The summed E-state index contributed by atoms with van der Waals surface area (Å²) in [5, 5.41) is 0. The predicted octanol–water partition coefficient (Wildman–Crippen LogP) is 2.35. The van der Waals surface area contributed by atoms with Crippen molar-refractivity contribution < 1.29 is 14.0 Å². The maximum Gasteiger partial charge on any atom is 0.236 e. The number of rotatable bonds is 5. The number of carbonyl (C=O) groups is 2. The molecule has 1 fully saturated rings. The second-order valence-corrected chi connectivity index (χ2v) is 5.58. The molecule has 1 aliphatic heterocycles. The van der Waals surface area contributed by atoms with Crippen molar-refractivity contribution in [3.05, 3.63) is 35.1 Å². The lowest BCUT2D eigenvalue weighted by Gasteiger charge is -2.23. The number of halogens is 1. The van der Waals surface area contributed by atoms with Gasteiger partial charge in [-0.05, 0) is 24.5 Å². The predicted molar refractivity (Wildman–Crippen MR) is 77.5 cm³/mol. The SMILES string of the molecule is CCC1(CC)CC(=O)N(Cc2ccc(CN)cc2F)C1=O. The van der Waals surface area contributed by atoms with Crippen LogP contribution in [0.4, 0.5) is 4.39 Å². The summed E-state index contributed by atoms with van der Waals surface area (Å²) in [6.07, 6.45) is 1.47. The molecular weight excluding hydrogens is 271 g/mol. The van der Waals surface area contributed by atoms with E-state index in [1.807, 2.05) is 13.8 Å². The van der Waals surface area contributed by atoms with E-state index in [2.05, 4.69) is 0 Å². The number of nitrogens with two attached hydrogens (primary N) is 1. The highest BCUT2D eigenvalue weighted by atomic mass is 19.1. The first-order valence-electron chi connectivity index (χ1n) is 7.29. The number of hydrogen-bond acceptors (Lipinski definition) is 3. The molecule has 0 spiro atoms. The Bertz CT molecular complexity index is 567. The van der Waals surface area contributed by atoms with Gasteiger partial charge in [0.15, 0.2) is 0 Å². The van der Waals surface area contributed by atoms with Crippen molar-refractivity contribution in [2.45, 2.75) is 46.2 Å². The lowest BCUT2D eigenvalue weighted by Crippen LogP contribution is -2.35. The molecule has 1 aromatic carbocycles. The third-order valence-corrected chi connectivity index (χ3v) is 4.52. The summed E-state index contributed by atoms with van der Waals surface area (Å²) in [5.74, 6) is -0.824. The monoisotopic (exact) mass is 292 g/mol. The van der Waals surface area contributed by atoms with Gasteiger partial charge in [-0.15, -0.1) is 0 Å². The standard InChI is InChI=1S/C16H21FN2O2/c1-3-16(4-2)8-14(20)19(15(16)21)10-12-6-5-11(9-18)7-13(12)17/h5-7H,3-4,8-10,18H2,1-2H3. The minimum Gasteiger partial charge on any atom is -0.326 e. The van der Waals surface area contributed by atoms with Crippen LogP contribution in [-0.2, 0) is 22.7 Å². The van der Waals surface area contributed by atoms with Crippen LogP contribution in [0.2, 0.25) is 0 Å². The van der Waals surface area contributed by atoms with E-state index >= 15 is 0 Å². The fraction of sp³-hybridized carbons (Fsp3) is 0.500. The first-order chi connectivity index (χ1) is 9.97. The normalized spacial score (nSPS) is 17.6. The number of nitrogens with zero attached hydrogens (tertiary/aromatic N) is 1. The zero-order valence-electron chi connectivity index (χ0n) is 12.5. The van der Waals surface area contributed by atoms with E-state index in [0.717, 1.165) is 0 Å². The first-order valence-corrected chi connectivity index (χ1v) is 7.29. The molecule has 0 aromatic heterocycles. The third kappa shape index (κ3) is 2.70. The molecular formula is C16H21FN2O2. The van der Waals surface area contributed by atoms with Gasteiger partial charge in [0.2, 0.25) is 11.8 Å². The van der Waals surface area contributed by atoms with Crippen molar-refractivity contribution in [1.82, 2.24) is 4.90 Å². The van der Waals surface area contributed by atoms with Crippen molar-refractivity contribution >= 4 is 11.8 Å². The molecule has 1 aliphatic rings. The molecule has 1 saturated heterocycles. The molecule has 1 heterocycles. The van der Waals surface area contributed by atoms with Gasteiger partial charge >= 0.3 is 0 Å². The van der Waals surface area contributed by atoms with Crippen LogP contribution in [0.1, 0.15) is 44.2 Å². The highest BCUT2D eigenvalue weighted by Crippen LogP contribution is 2.39. The molecule has 4 nitrogen and oxygen atoms in total. The zero-order chi connectivity index (χ0) is 15.6. The minimum absolute atomic E-state index is 0.00387. The van der Waals surface area contributed by atoms with E-state index in [4.69, 9.17) is 5.73 Å². The molecule has 5 heteroatoms. The van der Waals surface area contributed by atoms with Crippen LogP contribution >= 0.6 is 0 Å². The Labute approximate surface area is 124 Å². The van der Waals surface area contributed by atoms with Gasteiger partial charge in [-0.1, -0.05) is 26.0 Å². The summed E-state index contributed by atoms with van der Waals surface area (Å²) in [7, 11) is 0. The molecule has 114 valence electrons. The molecule has 0 radical (unpaired) electrons. The number of amides is 2. The van der Waals surface area contributed by atoms with E-state index in [1.165, 1.54) is 11.0 Å². The number of hydrogen-bond donors (Lipinski definition) is 1. The summed E-state index contributed by atoms with van der Waals surface area (Å²) in [5.41, 5.74) is 5.89. The largest absolute Gasteiger partial charge is 0.326 e. The molecule has 0 saturated carbocycles. The second kappa shape index (κ2) is 5.93. The summed E-state index contributed by atoms with van der Waals surface area (Å²) >= 11 is 0. The van der Waals surface area contributed by atoms with E-state index < -0.39 is 11.2 Å². The van der Waals surface area contributed by atoms with E-state index in [0.29, 0.717) is 24.0 Å². The van der Waals surface area contributed by atoms with Crippen molar-refractivity contribution in [3.63, 3.8) is 0 Å². The number of imide groups is 1. The Hall–Kier alpha value is -1.75. The fourth-order valence-corrected chi connectivity index (χ4v) is 2.84. The second-order valence-electron chi connectivity index (χ2n) is 5.58. The van der Waals surface area contributed by atoms with Crippen LogP contribution in [0.15, 0.2) is 18.2 Å². The summed E-state index contributed by atoms with van der Waals surface area (Å²) in [6.45, 7) is 4.08. The Kier molecular flexibility index (Phi) is 4.42. The summed E-state index contributed by atoms with van der Waals surface area (Å²) in [6, 6.07) is 4.67. The van der Waals surface area contributed by atoms with Crippen molar-refractivity contribution in [2.24, 2.45) is 11.1 Å². The van der Waals surface area contributed by atoms with Gasteiger partial charge in [0, 0.05) is 18.5 Å². The van der Waals surface area contributed by atoms with Gasteiger partial charge in [0.25, 0.3) is 0 Å². The van der Waals surface area contributed by atoms with Gasteiger partial charge in [-0.25, -0.2) is 4.39 Å². The minimum atomic E-state index is -0.606. The van der Waals surface area contributed by atoms with Crippen LogP contribution < -0.4 is 5.73 Å². The lowest BCUT2D eigenvalue weighted by molar-refractivity contribution is -0.142. The van der Waals surface area contributed by atoms with E-state index in [9.17, 15) is 14.0 Å². The van der Waals surface area contributed by atoms with Gasteiger partial charge in [0.1, 0.15) is 5.82 Å². The Balaban J connectivity index is 2.24. The molecule has 0 aliphatic carbocycles. The molecule has 2 N–H and O–H groups in total. The molecule has 21 heavy (non-hydrogen) atoms. The molecule has 2 rings (SSSR count). The quantitative estimate of drug-likeness (QED) is 0.847. The maximum absolute atomic E-state index is 14.0. The fourth-order valence-electron chi connectivity index (χ4n) is 2.84. The molecule has 0 bridgehead atoms. The average Bonchev–Trinajstić information content (AvgIpc) is 2.73. The topological polar surface area (TPSA) is 63.4 Å². The van der Waals surface area contributed by atoms with Crippen LogP contribution in [0.3, 0.4) is 0 Å². The summed E-state index contributed by atoms with van der Waals surface area (Å²) < 4.78 is 14.0. The first kappa shape index (κ1) is 15.6. The molecule has 1 aromatic rings. The maximum atomic E-state index is 14.0. The number of benzene rings is 1. The summed E-state index contributed by atoms with van der Waals surface area (Å²) in [4.78, 5) is 25.8. The molecule has 0 unspecified atom stereocenters. The van der Waals surface area contributed by atoms with Gasteiger partial charge in [-0.2, -0.15) is 0 Å². The van der Waals surface area contributed by atoms with Gasteiger partial charge in [0.05, 0.1) is 12.0 Å². The van der Waals surface area contributed by atoms with Crippen LogP contribution in [0.25, 0.3) is 0 Å². The smallest absolute Gasteiger partial charge is 0.236 e. The van der Waals surface area contributed by atoms with Crippen molar-refractivity contribution in [2.75, 3.05) is 0 Å². The van der Waals surface area contributed by atoms with Crippen LogP contribution in [-0.4, -0.2) is 16.7 Å². The zero-order valence-corrected chi connectivity index (χ0v) is 12.5. The highest BCUT2D eigenvalue weighted by molar-refractivity contribution is 6.05. The van der Waals surface area contributed by atoms with Crippen LogP contribution in [0.5, 0.6) is 0 Å². The number of likely N-dealkylation sites (tertiary alicyclic amines) is 1. The average molecular weight is 292 g/mol. The van der Waals surface area contributed by atoms with Gasteiger partial charge in [-0.3, -0.25) is 14.5 Å². The number of carbonyl (C=O) groups excluding carboxylic acids is 2. The van der Waals surface area contributed by atoms with E-state index in [-0.39, 0.29) is 31.3 Å². The Morgan fingerprint density at radius 3 is 2.43 bits per heavy atom. The van der Waals surface area contributed by atoms with Gasteiger partial charge < -0.3 is 5.73 Å².